The number of para-hydroxylation sites is 1. The van der Waals surface area contributed by atoms with Crippen LogP contribution < -0.4 is 4.90 Å². The van der Waals surface area contributed by atoms with Gasteiger partial charge in [0.25, 0.3) is 0 Å². The molecule has 2 aliphatic rings. The minimum absolute atomic E-state index is 0.613. The molecular weight excluding hydrogens is 300 g/mol. The third-order valence-corrected chi connectivity index (χ3v) is 4.02. The van der Waals surface area contributed by atoms with Crippen LogP contribution in [0, 0.1) is 0 Å². The molecule has 1 heterocycles. The third-order valence-electron chi connectivity index (χ3n) is 3.76. The maximum Gasteiger partial charge on any atom is 0.168 e. The smallest absolute Gasteiger partial charge is 0.168 e. The number of rotatable bonds is 3. The number of allylic oxidation sites excluding steroid dienone is 5. The van der Waals surface area contributed by atoms with Gasteiger partial charge in [-0.15, -0.1) is 0 Å². The fourth-order valence-electron chi connectivity index (χ4n) is 2.77. The van der Waals surface area contributed by atoms with Gasteiger partial charge in [0.1, 0.15) is 6.29 Å². The summed E-state index contributed by atoms with van der Waals surface area (Å²) in [6.07, 6.45) is 7.01. The molecule has 6 heteroatoms. The highest BCUT2D eigenvalue weighted by Crippen LogP contribution is 2.37. The summed E-state index contributed by atoms with van der Waals surface area (Å²) in [5.74, 6) is 0. The van der Waals surface area contributed by atoms with Crippen molar-refractivity contribution < 1.29 is 4.79 Å². The maximum atomic E-state index is 11.5. The summed E-state index contributed by atoms with van der Waals surface area (Å²) in [5.41, 5.74) is 12.6. The van der Waals surface area contributed by atoms with Crippen LogP contribution in [0.2, 0.25) is 0 Å². The average molecular weight is 313 g/mol. The van der Waals surface area contributed by atoms with Gasteiger partial charge in [-0.1, -0.05) is 47.1 Å². The summed E-state index contributed by atoms with van der Waals surface area (Å²) < 4.78 is 0. The molecule has 110 valence electrons. The minimum atomic E-state index is -0.943. The first kappa shape index (κ1) is 14.4. The second kappa shape index (κ2) is 6.10. The maximum absolute atomic E-state index is 11.5. The number of azide groups is 1. The normalized spacial score (nSPS) is 17.7. The van der Waals surface area contributed by atoms with E-state index in [1.54, 1.807) is 4.90 Å². The lowest BCUT2D eigenvalue weighted by Gasteiger charge is -2.32. The molecule has 5 nitrogen and oxygen atoms in total. The van der Waals surface area contributed by atoms with Crippen LogP contribution in [0.25, 0.3) is 10.4 Å². The number of nitrogens with zero attached hydrogens (tertiary/aromatic N) is 4. The SMILES string of the molecule is [N-]=[N+]=NC(C=O)N1C2=CC(Cl)=CCC2=CCc2ccccc21. The first-order chi connectivity index (χ1) is 10.7. The van der Waals surface area contributed by atoms with Crippen LogP contribution in [-0.2, 0) is 11.2 Å². The van der Waals surface area contributed by atoms with Gasteiger partial charge in [0.15, 0.2) is 6.17 Å². The molecule has 1 aliphatic heterocycles. The Balaban J connectivity index is 2.22. The van der Waals surface area contributed by atoms with Gasteiger partial charge in [-0.05, 0) is 41.7 Å². The van der Waals surface area contributed by atoms with Crippen LogP contribution in [0.15, 0.2) is 63.9 Å². The van der Waals surface area contributed by atoms with Crippen molar-refractivity contribution >= 4 is 23.6 Å². The van der Waals surface area contributed by atoms with E-state index >= 15 is 0 Å². The van der Waals surface area contributed by atoms with E-state index in [2.05, 4.69) is 16.1 Å². The Kier molecular flexibility index (Phi) is 4.00. The second-order valence-corrected chi connectivity index (χ2v) is 5.45. The average Bonchev–Trinajstić information content (AvgIpc) is 2.69. The van der Waals surface area contributed by atoms with Crippen molar-refractivity contribution in [3.63, 3.8) is 0 Å². The predicted octanol–water partition coefficient (Wildman–Crippen LogP) is 4.22. The highest BCUT2D eigenvalue weighted by molar-refractivity contribution is 6.31. The number of carbonyl (C=O) groups excluding carboxylic acids is 1. The van der Waals surface area contributed by atoms with Crippen LogP contribution in [0.1, 0.15) is 12.0 Å². The van der Waals surface area contributed by atoms with Gasteiger partial charge in [0.05, 0.1) is 0 Å². The zero-order valence-electron chi connectivity index (χ0n) is 11.7. The summed E-state index contributed by atoms with van der Waals surface area (Å²) in [6.45, 7) is 0. The van der Waals surface area contributed by atoms with E-state index in [1.807, 2.05) is 36.4 Å². The second-order valence-electron chi connectivity index (χ2n) is 5.01. The summed E-state index contributed by atoms with van der Waals surface area (Å²) in [6, 6.07) is 7.77. The molecule has 0 spiro atoms. The molecule has 0 fully saturated rings. The number of hydrogen-bond donors (Lipinski definition) is 0. The van der Waals surface area contributed by atoms with Crippen molar-refractivity contribution in [3.8, 4) is 0 Å². The number of aldehydes is 1. The summed E-state index contributed by atoms with van der Waals surface area (Å²) in [5, 5.41) is 4.24. The van der Waals surface area contributed by atoms with Gasteiger partial charge in [0, 0.05) is 21.3 Å². The molecule has 1 aromatic carbocycles. The number of fused-ring (bicyclic) bond motifs is 2. The van der Waals surface area contributed by atoms with Gasteiger partial charge in [0.2, 0.25) is 0 Å². The van der Waals surface area contributed by atoms with Crippen molar-refractivity contribution in [2.45, 2.75) is 19.0 Å². The monoisotopic (exact) mass is 312 g/mol. The van der Waals surface area contributed by atoms with E-state index in [0.29, 0.717) is 17.7 Å². The molecular formula is C16H13ClN4O. The van der Waals surface area contributed by atoms with Crippen molar-refractivity contribution in [1.29, 1.82) is 0 Å². The fourth-order valence-corrected chi connectivity index (χ4v) is 2.95. The highest BCUT2D eigenvalue weighted by atomic mass is 35.5. The molecule has 1 aliphatic carbocycles. The number of anilines is 1. The molecule has 0 saturated carbocycles. The van der Waals surface area contributed by atoms with E-state index in [-0.39, 0.29) is 0 Å². The van der Waals surface area contributed by atoms with Gasteiger partial charge in [-0.3, -0.25) is 0 Å². The Morgan fingerprint density at radius 3 is 2.91 bits per heavy atom. The minimum Gasteiger partial charge on any atom is -0.325 e. The van der Waals surface area contributed by atoms with Gasteiger partial charge in [-0.25, -0.2) is 0 Å². The highest BCUT2D eigenvalue weighted by Gasteiger charge is 2.28. The summed E-state index contributed by atoms with van der Waals surface area (Å²) in [4.78, 5) is 16.0. The topological polar surface area (TPSA) is 69.1 Å². The first-order valence-electron chi connectivity index (χ1n) is 6.88. The number of hydrogen-bond acceptors (Lipinski definition) is 3. The van der Waals surface area contributed by atoms with Crippen molar-refractivity contribution in [1.82, 2.24) is 0 Å². The molecule has 3 rings (SSSR count). The molecule has 1 atom stereocenters. The van der Waals surface area contributed by atoms with Crippen LogP contribution in [0.4, 0.5) is 5.69 Å². The van der Waals surface area contributed by atoms with E-state index in [1.165, 1.54) is 0 Å². The van der Waals surface area contributed by atoms with E-state index in [9.17, 15) is 4.79 Å². The first-order valence-corrected chi connectivity index (χ1v) is 7.26. The van der Waals surface area contributed by atoms with Crippen molar-refractivity contribution in [2.75, 3.05) is 4.90 Å². The van der Waals surface area contributed by atoms with Crippen LogP contribution in [0.3, 0.4) is 0 Å². The lowest BCUT2D eigenvalue weighted by Crippen LogP contribution is -2.35. The van der Waals surface area contributed by atoms with Gasteiger partial charge in [-0.2, -0.15) is 0 Å². The number of carbonyl (C=O) groups is 1. The number of halogens is 1. The Morgan fingerprint density at radius 2 is 2.14 bits per heavy atom. The van der Waals surface area contributed by atoms with Gasteiger partial charge >= 0.3 is 0 Å². The van der Waals surface area contributed by atoms with E-state index in [0.717, 1.165) is 28.9 Å². The Labute approximate surface area is 132 Å². The lowest BCUT2D eigenvalue weighted by molar-refractivity contribution is -0.108. The van der Waals surface area contributed by atoms with Crippen LogP contribution in [0.5, 0.6) is 0 Å². The van der Waals surface area contributed by atoms with E-state index < -0.39 is 6.17 Å². The van der Waals surface area contributed by atoms with Crippen LogP contribution >= 0.6 is 11.6 Å². The third kappa shape index (κ3) is 2.52. The Bertz CT molecular complexity index is 759. The molecule has 0 bridgehead atoms. The number of benzene rings is 1. The van der Waals surface area contributed by atoms with Crippen molar-refractivity contribution in [3.05, 3.63) is 74.8 Å². The zero-order valence-corrected chi connectivity index (χ0v) is 12.4. The van der Waals surface area contributed by atoms with Crippen LogP contribution in [-0.4, -0.2) is 12.5 Å². The summed E-state index contributed by atoms with van der Waals surface area (Å²) >= 11 is 6.15. The Morgan fingerprint density at radius 1 is 1.32 bits per heavy atom. The molecule has 0 saturated heterocycles. The van der Waals surface area contributed by atoms with Gasteiger partial charge < -0.3 is 9.69 Å². The molecule has 0 N–H and O–H groups in total. The largest absolute Gasteiger partial charge is 0.325 e. The molecule has 1 aromatic rings. The molecule has 0 aromatic heterocycles. The quantitative estimate of drug-likeness (QED) is 0.363. The van der Waals surface area contributed by atoms with E-state index in [4.69, 9.17) is 17.1 Å². The van der Waals surface area contributed by atoms with Crippen molar-refractivity contribution in [2.24, 2.45) is 5.11 Å². The predicted molar refractivity (Wildman–Crippen MR) is 86.3 cm³/mol. The molecule has 0 amide bonds. The lowest BCUT2D eigenvalue weighted by atomic mass is 10.0. The summed E-state index contributed by atoms with van der Waals surface area (Å²) in [7, 11) is 0. The fraction of sp³-hybridized carbons (Fsp3) is 0.188. The molecule has 0 radical (unpaired) electrons. The molecule has 22 heavy (non-hydrogen) atoms. The zero-order chi connectivity index (χ0) is 15.5. The Hall–Kier alpha value is -2.49. The standard InChI is InChI=1S/C16H13ClN4O/c17-13-8-7-12-6-5-11-3-1-2-4-14(11)21(15(12)9-13)16(10-22)19-20-18/h1-4,6,8-10,16H,5,7H2. The molecule has 1 unspecified atom stereocenters.